The average Bonchev–Trinajstić information content (AvgIpc) is 2.94. The Morgan fingerprint density at radius 2 is 1.95 bits per heavy atom. The summed E-state index contributed by atoms with van der Waals surface area (Å²) in [6.07, 6.45) is 0. The highest BCUT2D eigenvalue weighted by Crippen LogP contribution is 2.22. The van der Waals surface area contributed by atoms with Crippen molar-refractivity contribution < 1.29 is 13.2 Å². The van der Waals surface area contributed by atoms with Crippen LogP contribution in [0.15, 0.2) is 39.9 Å². The smallest absolute Gasteiger partial charge is 0.256 e. The van der Waals surface area contributed by atoms with Crippen LogP contribution in [0.25, 0.3) is 0 Å². The van der Waals surface area contributed by atoms with Gasteiger partial charge in [-0.3, -0.25) is 4.79 Å². The molecule has 2 aromatic rings. The van der Waals surface area contributed by atoms with Crippen molar-refractivity contribution >= 4 is 33.0 Å². The van der Waals surface area contributed by atoms with E-state index < -0.39 is 10.0 Å². The van der Waals surface area contributed by atoms with Gasteiger partial charge in [-0.25, -0.2) is 12.7 Å². The summed E-state index contributed by atoms with van der Waals surface area (Å²) in [5, 5.41) is 6.30. The summed E-state index contributed by atoms with van der Waals surface area (Å²) in [6.45, 7) is 1.81. The van der Waals surface area contributed by atoms with Crippen molar-refractivity contribution in [3.8, 4) is 0 Å². The van der Waals surface area contributed by atoms with Crippen LogP contribution < -0.4 is 5.32 Å². The minimum Gasteiger partial charge on any atom is -0.322 e. The summed E-state index contributed by atoms with van der Waals surface area (Å²) >= 11 is 1.43. The molecule has 0 aliphatic carbocycles. The highest BCUT2D eigenvalue weighted by atomic mass is 32.2. The van der Waals surface area contributed by atoms with Crippen molar-refractivity contribution in [2.24, 2.45) is 0 Å². The highest BCUT2D eigenvalue weighted by Gasteiger charge is 2.18. The minimum atomic E-state index is -3.52. The third-order valence-electron chi connectivity index (χ3n) is 3.02. The van der Waals surface area contributed by atoms with Crippen LogP contribution in [-0.4, -0.2) is 32.7 Å². The first-order chi connectivity index (χ1) is 9.82. The number of nitrogens with zero attached hydrogens (tertiary/aromatic N) is 1. The summed E-state index contributed by atoms with van der Waals surface area (Å²) in [4.78, 5) is 12.2. The van der Waals surface area contributed by atoms with E-state index in [1.807, 2.05) is 12.3 Å². The molecular weight excluding hydrogens is 308 g/mol. The first-order valence-corrected chi connectivity index (χ1v) is 8.57. The fourth-order valence-corrected chi connectivity index (χ4v) is 3.26. The maximum absolute atomic E-state index is 12.1. The van der Waals surface area contributed by atoms with E-state index in [9.17, 15) is 13.2 Å². The molecular formula is C14H16N2O3S2. The lowest BCUT2D eigenvalue weighted by atomic mass is 10.2. The summed E-state index contributed by atoms with van der Waals surface area (Å²) in [5.74, 6) is -0.251. The Kier molecular flexibility index (Phi) is 4.46. The van der Waals surface area contributed by atoms with Gasteiger partial charge in [0.2, 0.25) is 10.0 Å². The molecule has 1 heterocycles. The molecule has 7 heteroatoms. The van der Waals surface area contributed by atoms with Crippen LogP contribution in [0.5, 0.6) is 0 Å². The second-order valence-electron chi connectivity index (χ2n) is 4.73. The molecule has 2 rings (SSSR count). The van der Waals surface area contributed by atoms with Crippen LogP contribution in [0.2, 0.25) is 0 Å². The zero-order valence-corrected chi connectivity index (χ0v) is 13.6. The number of nitrogens with one attached hydrogen (secondary N) is 1. The average molecular weight is 324 g/mol. The molecule has 0 atom stereocenters. The largest absolute Gasteiger partial charge is 0.322 e. The van der Waals surface area contributed by atoms with Crippen LogP contribution >= 0.6 is 11.3 Å². The van der Waals surface area contributed by atoms with E-state index in [0.717, 1.165) is 9.87 Å². The van der Waals surface area contributed by atoms with E-state index >= 15 is 0 Å². The van der Waals surface area contributed by atoms with Crippen LogP contribution in [0.4, 0.5) is 5.69 Å². The fourth-order valence-electron chi connectivity index (χ4n) is 1.70. The number of hydrogen-bond donors (Lipinski definition) is 1. The third-order valence-corrected chi connectivity index (χ3v) is 5.51. The molecule has 1 amide bonds. The van der Waals surface area contributed by atoms with E-state index in [4.69, 9.17) is 0 Å². The van der Waals surface area contributed by atoms with Gasteiger partial charge in [0.1, 0.15) is 0 Å². The zero-order chi connectivity index (χ0) is 15.6. The Balaban J connectivity index is 2.35. The monoisotopic (exact) mass is 324 g/mol. The molecule has 0 bridgehead atoms. The lowest BCUT2D eigenvalue weighted by Crippen LogP contribution is -2.22. The van der Waals surface area contributed by atoms with Gasteiger partial charge >= 0.3 is 0 Å². The number of anilines is 1. The van der Waals surface area contributed by atoms with Gasteiger partial charge in [-0.1, -0.05) is 6.07 Å². The van der Waals surface area contributed by atoms with Crippen molar-refractivity contribution in [2.45, 2.75) is 11.8 Å². The molecule has 1 aromatic carbocycles. The lowest BCUT2D eigenvalue weighted by molar-refractivity contribution is 0.102. The quantitative estimate of drug-likeness (QED) is 0.940. The van der Waals surface area contributed by atoms with Gasteiger partial charge in [0.15, 0.2) is 0 Å². The van der Waals surface area contributed by atoms with Crippen LogP contribution in [0.3, 0.4) is 0 Å². The Labute approximate surface area is 128 Å². The third kappa shape index (κ3) is 3.31. The van der Waals surface area contributed by atoms with E-state index in [1.54, 1.807) is 17.5 Å². The van der Waals surface area contributed by atoms with Gasteiger partial charge in [-0.2, -0.15) is 11.3 Å². The van der Waals surface area contributed by atoms with Crippen LogP contribution in [-0.2, 0) is 10.0 Å². The van der Waals surface area contributed by atoms with Gasteiger partial charge < -0.3 is 5.32 Å². The molecule has 0 radical (unpaired) electrons. The van der Waals surface area contributed by atoms with Gasteiger partial charge in [0.25, 0.3) is 5.91 Å². The van der Waals surface area contributed by atoms with Crippen molar-refractivity contribution in [3.05, 3.63) is 46.2 Å². The number of amides is 1. The molecule has 0 spiro atoms. The van der Waals surface area contributed by atoms with E-state index in [0.29, 0.717) is 11.3 Å². The molecule has 0 aliphatic rings. The highest BCUT2D eigenvalue weighted by molar-refractivity contribution is 7.89. The molecule has 112 valence electrons. The maximum Gasteiger partial charge on any atom is 0.256 e. The van der Waals surface area contributed by atoms with Gasteiger partial charge in [0, 0.05) is 25.2 Å². The number of hydrogen-bond acceptors (Lipinski definition) is 4. The van der Waals surface area contributed by atoms with Gasteiger partial charge in [-0.15, -0.1) is 0 Å². The van der Waals surface area contributed by atoms with Gasteiger partial charge in [-0.05, 0) is 36.1 Å². The molecule has 5 nitrogen and oxygen atoms in total. The lowest BCUT2D eigenvalue weighted by Gasteiger charge is -2.14. The number of sulfonamides is 1. The van der Waals surface area contributed by atoms with Crippen molar-refractivity contribution in [3.63, 3.8) is 0 Å². The van der Waals surface area contributed by atoms with E-state index in [1.165, 1.54) is 37.6 Å². The van der Waals surface area contributed by atoms with E-state index in [2.05, 4.69) is 5.32 Å². The molecule has 21 heavy (non-hydrogen) atoms. The normalized spacial score (nSPS) is 11.6. The van der Waals surface area contributed by atoms with E-state index in [-0.39, 0.29) is 10.8 Å². The maximum atomic E-state index is 12.1. The van der Waals surface area contributed by atoms with Crippen LogP contribution in [0.1, 0.15) is 15.9 Å². The predicted molar refractivity (Wildman–Crippen MR) is 84.3 cm³/mol. The number of benzene rings is 1. The summed E-state index contributed by atoms with van der Waals surface area (Å²) < 4.78 is 25.4. The molecule has 0 aliphatic heterocycles. The minimum absolute atomic E-state index is 0.152. The Morgan fingerprint density at radius 1 is 1.24 bits per heavy atom. The first kappa shape index (κ1) is 15.7. The number of carbonyl (C=O) groups is 1. The molecule has 0 saturated heterocycles. The zero-order valence-electron chi connectivity index (χ0n) is 12.0. The first-order valence-electron chi connectivity index (χ1n) is 6.19. The van der Waals surface area contributed by atoms with Crippen molar-refractivity contribution in [1.82, 2.24) is 4.31 Å². The fraction of sp³-hybridized carbons (Fsp3) is 0.214. The molecule has 0 fully saturated rings. The predicted octanol–water partition coefficient (Wildman–Crippen LogP) is 2.56. The Morgan fingerprint density at radius 3 is 2.52 bits per heavy atom. The van der Waals surface area contributed by atoms with Gasteiger partial charge in [0.05, 0.1) is 10.5 Å². The van der Waals surface area contributed by atoms with Crippen molar-refractivity contribution in [2.75, 3.05) is 19.4 Å². The topological polar surface area (TPSA) is 66.5 Å². The number of carbonyl (C=O) groups excluding carboxylic acids is 1. The SMILES string of the molecule is Cc1ccc(S(=O)(=O)N(C)C)cc1NC(=O)c1ccsc1. The number of thiophene rings is 1. The molecule has 1 N–H and O–H groups in total. The number of rotatable bonds is 4. The van der Waals surface area contributed by atoms with Crippen LogP contribution in [0, 0.1) is 6.92 Å². The van der Waals surface area contributed by atoms with Crippen molar-refractivity contribution in [1.29, 1.82) is 0 Å². The number of aryl methyl sites for hydroxylation is 1. The Hall–Kier alpha value is -1.70. The molecule has 1 aromatic heterocycles. The molecule has 0 unspecified atom stereocenters. The standard InChI is InChI=1S/C14H16N2O3S2/c1-10-4-5-12(21(18,19)16(2)3)8-13(10)15-14(17)11-6-7-20-9-11/h4-9H,1-3H3,(H,15,17). The summed E-state index contributed by atoms with van der Waals surface area (Å²) in [6, 6.07) is 6.41. The second-order valence-corrected chi connectivity index (χ2v) is 7.66. The second kappa shape index (κ2) is 5.97. The Bertz CT molecular complexity index is 751. The summed E-state index contributed by atoms with van der Waals surface area (Å²) in [7, 11) is -0.580. The molecule has 0 saturated carbocycles. The summed E-state index contributed by atoms with van der Waals surface area (Å²) in [5.41, 5.74) is 1.85.